The predicted octanol–water partition coefficient (Wildman–Crippen LogP) is 5.51. The first-order valence-electron chi connectivity index (χ1n) is 10.0. The van der Waals surface area contributed by atoms with Gasteiger partial charge in [-0.3, -0.25) is 4.99 Å². The van der Waals surface area contributed by atoms with Crippen LogP contribution in [0.2, 0.25) is 0 Å². The molecule has 0 spiro atoms. The highest BCUT2D eigenvalue weighted by molar-refractivity contribution is 8.16. The number of nitrogens with one attached hydrogen (secondary N) is 2. The summed E-state index contributed by atoms with van der Waals surface area (Å²) in [5.41, 5.74) is -0.226. The molecule has 6 nitrogen and oxygen atoms in total. The molecule has 1 aliphatic heterocycles. The number of carboxylic acids is 1. The van der Waals surface area contributed by atoms with Gasteiger partial charge >= 0.3 is 12.1 Å². The number of rotatable bonds is 6. The summed E-state index contributed by atoms with van der Waals surface area (Å²) in [5.74, 6) is -0.892. The van der Waals surface area contributed by atoms with Crippen LogP contribution in [-0.4, -0.2) is 48.1 Å². The Morgan fingerprint density at radius 1 is 1.15 bits per heavy atom. The Kier molecular flexibility index (Phi) is 5.59. The van der Waals surface area contributed by atoms with Gasteiger partial charge in [0, 0.05) is 29.1 Å². The SMILES string of the molecule is O=C(O)C1(Cc2cc3ccc(F)cc3[nH]2)CSC(CSc2nc3ccc(C(F)(F)F)cc3[nH]2)=N1. The molecule has 0 saturated carbocycles. The minimum atomic E-state index is -4.44. The summed E-state index contributed by atoms with van der Waals surface area (Å²) >= 11 is 2.56. The summed E-state index contributed by atoms with van der Waals surface area (Å²) in [6.45, 7) is 0. The van der Waals surface area contributed by atoms with E-state index < -0.39 is 23.2 Å². The van der Waals surface area contributed by atoms with Crippen molar-refractivity contribution >= 4 is 56.5 Å². The molecule has 0 amide bonds. The Hall–Kier alpha value is -2.99. The number of alkyl halides is 3. The highest BCUT2D eigenvalue weighted by Crippen LogP contribution is 2.35. The second-order valence-corrected chi connectivity index (χ2v) is 9.91. The average molecular weight is 509 g/mol. The number of aromatic amines is 2. The summed E-state index contributed by atoms with van der Waals surface area (Å²) in [6.07, 6.45) is -4.33. The van der Waals surface area contributed by atoms with Crippen LogP contribution in [0.5, 0.6) is 0 Å². The van der Waals surface area contributed by atoms with Crippen LogP contribution in [0.1, 0.15) is 11.3 Å². The van der Waals surface area contributed by atoms with E-state index in [1.54, 1.807) is 12.1 Å². The number of hydrogen-bond acceptors (Lipinski definition) is 5. The molecule has 2 aromatic carbocycles. The number of carboxylic acid groups (broad SMARTS) is 1. The molecule has 176 valence electrons. The number of aromatic nitrogens is 3. The topological polar surface area (TPSA) is 94.1 Å². The lowest BCUT2D eigenvalue weighted by Gasteiger charge is -2.19. The first-order chi connectivity index (χ1) is 16.1. The van der Waals surface area contributed by atoms with Crippen molar-refractivity contribution in [2.75, 3.05) is 11.5 Å². The van der Waals surface area contributed by atoms with Crippen molar-refractivity contribution < 1.29 is 27.5 Å². The molecular weight excluding hydrogens is 492 g/mol. The Morgan fingerprint density at radius 2 is 1.97 bits per heavy atom. The molecule has 34 heavy (non-hydrogen) atoms. The number of aliphatic imine (C=N–C) groups is 1. The van der Waals surface area contributed by atoms with Crippen LogP contribution in [0.15, 0.2) is 52.6 Å². The fourth-order valence-electron chi connectivity index (χ4n) is 3.79. The Morgan fingerprint density at radius 3 is 2.74 bits per heavy atom. The average Bonchev–Trinajstić information content (AvgIpc) is 3.47. The zero-order chi connectivity index (χ0) is 24.1. The van der Waals surface area contributed by atoms with Crippen LogP contribution in [-0.2, 0) is 17.4 Å². The first-order valence-corrected chi connectivity index (χ1v) is 12.0. The van der Waals surface area contributed by atoms with Crippen molar-refractivity contribution in [3.8, 4) is 0 Å². The van der Waals surface area contributed by atoms with E-state index in [1.807, 2.05) is 0 Å². The van der Waals surface area contributed by atoms with Gasteiger partial charge < -0.3 is 15.1 Å². The fraction of sp³-hybridized carbons (Fsp3) is 0.227. The molecule has 2 aromatic heterocycles. The van der Waals surface area contributed by atoms with E-state index in [4.69, 9.17) is 0 Å². The number of nitrogens with zero attached hydrogens (tertiary/aromatic N) is 2. The molecule has 1 aliphatic rings. The molecule has 5 rings (SSSR count). The van der Waals surface area contributed by atoms with Gasteiger partial charge in [-0.05, 0) is 47.9 Å². The lowest BCUT2D eigenvalue weighted by atomic mass is 9.96. The van der Waals surface area contributed by atoms with E-state index in [1.165, 1.54) is 41.7 Å². The van der Waals surface area contributed by atoms with E-state index in [0.29, 0.717) is 32.7 Å². The van der Waals surface area contributed by atoms with Gasteiger partial charge in [-0.2, -0.15) is 13.2 Å². The molecule has 0 bridgehead atoms. The number of fused-ring (bicyclic) bond motifs is 2. The molecule has 0 radical (unpaired) electrons. The Balaban J connectivity index is 1.32. The van der Waals surface area contributed by atoms with Crippen molar-refractivity contribution in [1.29, 1.82) is 0 Å². The maximum atomic E-state index is 13.5. The molecule has 12 heteroatoms. The number of imidazole rings is 1. The summed E-state index contributed by atoms with van der Waals surface area (Å²) in [5, 5.41) is 11.7. The lowest BCUT2D eigenvalue weighted by molar-refractivity contribution is -0.142. The summed E-state index contributed by atoms with van der Waals surface area (Å²) in [7, 11) is 0. The van der Waals surface area contributed by atoms with Crippen molar-refractivity contribution in [2.45, 2.75) is 23.3 Å². The smallest absolute Gasteiger partial charge is 0.416 e. The maximum absolute atomic E-state index is 13.5. The monoisotopic (exact) mass is 508 g/mol. The van der Waals surface area contributed by atoms with Crippen LogP contribution in [0.4, 0.5) is 17.6 Å². The molecule has 3 N–H and O–H groups in total. The van der Waals surface area contributed by atoms with Crippen molar-refractivity contribution in [2.24, 2.45) is 4.99 Å². The minimum absolute atomic E-state index is 0.116. The number of carbonyl (C=O) groups is 1. The largest absolute Gasteiger partial charge is 0.479 e. The molecule has 3 heterocycles. The van der Waals surface area contributed by atoms with Crippen molar-refractivity contribution in [3.05, 3.63) is 59.5 Å². The number of hydrogen-bond donors (Lipinski definition) is 3. The third-order valence-electron chi connectivity index (χ3n) is 5.46. The van der Waals surface area contributed by atoms with Gasteiger partial charge in [0.2, 0.25) is 0 Å². The number of thioether (sulfide) groups is 2. The molecule has 0 saturated heterocycles. The van der Waals surface area contributed by atoms with Crippen molar-refractivity contribution in [3.63, 3.8) is 0 Å². The van der Waals surface area contributed by atoms with Crippen LogP contribution < -0.4 is 0 Å². The quantitative estimate of drug-likeness (QED) is 0.236. The van der Waals surface area contributed by atoms with E-state index in [0.717, 1.165) is 17.5 Å². The molecule has 1 unspecified atom stereocenters. The lowest BCUT2D eigenvalue weighted by Crippen LogP contribution is -2.39. The van der Waals surface area contributed by atoms with Gasteiger partial charge in [-0.25, -0.2) is 14.2 Å². The molecular formula is C22H16F4N4O2S2. The van der Waals surface area contributed by atoms with E-state index in [2.05, 4.69) is 19.9 Å². The fourth-order valence-corrected chi connectivity index (χ4v) is 5.90. The van der Waals surface area contributed by atoms with Crippen LogP contribution in [0.3, 0.4) is 0 Å². The van der Waals surface area contributed by atoms with Gasteiger partial charge in [0.05, 0.1) is 21.6 Å². The van der Waals surface area contributed by atoms with E-state index in [9.17, 15) is 27.5 Å². The van der Waals surface area contributed by atoms with Gasteiger partial charge in [-0.1, -0.05) is 11.8 Å². The Bertz CT molecular complexity index is 1450. The second-order valence-electron chi connectivity index (χ2n) is 7.89. The predicted molar refractivity (Wildman–Crippen MR) is 124 cm³/mol. The zero-order valence-corrected chi connectivity index (χ0v) is 18.9. The molecule has 4 aromatic rings. The van der Waals surface area contributed by atoms with Gasteiger partial charge in [0.1, 0.15) is 5.82 Å². The van der Waals surface area contributed by atoms with Crippen LogP contribution in [0, 0.1) is 5.82 Å². The van der Waals surface area contributed by atoms with Gasteiger partial charge in [0.25, 0.3) is 0 Å². The van der Waals surface area contributed by atoms with Crippen LogP contribution >= 0.6 is 23.5 Å². The Labute approximate surface area is 198 Å². The van der Waals surface area contributed by atoms with Gasteiger partial charge in [0.15, 0.2) is 10.7 Å². The van der Waals surface area contributed by atoms with E-state index in [-0.39, 0.29) is 23.5 Å². The number of halogens is 4. The highest BCUT2D eigenvalue weighted by atomic mass is 32.2. The normalized spacial score (nSPS) is 18.6. The second kappa shape index (κ2) is 8.35. The molecule has 1 atom stereocenters. The summed E-state index contributed by atoms with van der Waals surface area (Å²) in [6, 6.07) is 9.40. The zero-order valence-electron chi connectivity index (χ0n) is 17.2. The van der Waals surface area contributed by atoms with Crippen LogP contribution in [0.25, 0.3) is 21.9 Å². The number of benzene rings is 2. The third kappa shape index (κ3) is 4.39. The number of aliphatic carboxylic acids is 1. The summed E-state index contributed by atoms with van der Waals surface area (Å²) < 4.78 is 52.2. The van der Waals surface area contributed by atoms with Crippen molar-refractivity contribution in [1.82, 2.24) is 15.0 Å². The first kappa shape index (κ1) is 22.8. The summed E-state index contributed by atoms with van der Waals surface area (Å²) in [4.78, 5) is 26.9. The minimum Gasteiger partial charge on any atom is -0.479 e. The molecule has 0 aliphatic carbocycles. The standard InChI is InChI=1S/C22H16F4N4O2S2/c23-13-3-1-11-5-14(27-16(11)7-13)8-21(19(31)32)10-34-18(30-21)9-33-20-28-15-4-2-12(22(24,25)26)6-17(15)29-20/h1-7,27H,8-10H2,(H,28,29)(H,31,32). The number of H-pyrrole nitrogens is 2. The van der Waals surface area contributed by atoms with E-state index >= 15 is 0 Å². The van der Waals surface area contributed by atoms with Gasteiger partial charge in [-0.15, -0.1) is 11.8 Å². The highest BCUT2D eigenvalue weighted by Gasteiger charge is 2.43. The third-order valence-corrected chi connectivity index (χ3v) is 7.72. The maximum Gasteiger partial charge on any atom is 0.416 e. The molecule has 0 fully saturated rings.